The van der Waals surface area contributed by atoms with Crippen LogP contribution in [0.15, 0.2) is 52.9 Å². The van der Waals surface area contributed by atoms with Crippen molar-refractivity contribution in [1.29, 1.82) is 0 Å². The quantitative estimate of drug-likeness (QED) is 0.142. The van der Waals surface area contributed by atoms with Gasteiger partial charge >= 0.3 is 18.3 Å². The van der Waals surface area contributed by atoms with Crippen molar-refractivity contribution in [1.82, 2.24) is 9.88 Å². The van der Waals surface area contributed by atoms with Crippen LogP contribution in [0.3, 0.4) is 0 Å². The van der Waals surface area contributed by atoms with E-state index in [0.29, 0.717) is 18.3 Å². The van der Waals surface area contributed by atoms with Crippen LogP contribution in [0.2, 0.25) is 0 Å². The maximum Gasteiger partial charge on any atom is 0.417 e. The number of anilines is 1. The molecule has 260 valence electrons. The van der Waals surface area contributed by atoms with E-state index < -0.39 is 65.2 Å². The molecular formula is C33H35F7N4O4. The standard InChI is InChI=1S/C31H29F7N4O4.C2H6/c1-6-19-16(8-9-20(26(19)39-4)21-12-17(30(33,34)35)14-42(5)28(21)44)11-23(29(45)46)41-27(43)25-15(3)10-18(13-22(25)32)40-24(7-2)31(36,37)38;1-2/h6,8-10,12-14,23-24,40H,1,4,7,11H2,2-3,5H3,(H,41,43)(H,45,46);1-2H3/t23-,24+;/m0./s1. The molecule has 48 heavy (non-hydrogen) atoms. The van der Waals surface area contributed by atoms with E-state index in [-0.39, 0.29) is 45.6 Å². The summed E-state index contributed by atoms with van der Waals surface area (Å²) < 4.78 is 95.7. The second kappa shape index (κ2) is 15.8. The number of aromatic nitrogens is 1. The lowest BCUT2D eigenvalue weighted by atomic mass is 9.92. The SMILES string of the molecule is C=Cc1c(C[C@H](NC(=O)c2c(C)cc(N[C@H](CC)C(F)(F)F)cc2F)C(=O)O)ccc(-c2cc(C(F)(F)F)cn(C)c2=O)c1N=C.CC. The number of pyridine rings is 1. The minimum Gasteiger partial charge on any atom is -0.480 e. The molecule has 2 aromatic carbocycles. The fourth-order valence-electron chi connectivity index (χ4n) is 4.88. The number of benzene rings is 2. The van der Waals surface area contributed by atoms with Gasteiger partial charge in [0.05, 0.1) is 16.8 Å². The highest BCUT2D eigenvalue weighted by Gasteiger charge is 2.38. The molecule has 1 amide bonds. The highest BCUT2D eigenvalue weighted by molar-refractivity contribution is 5.98. The van der Waals surface area contributed by atoms with Crippen LogP contribution >= 0.6 is 0 Å². The zero-order valence-corrected chi connectivity index (χ0v) is 26.7. The number of alkyl halides is 6. The average Bonchev–Trinajstić information content (AvgIpc) is 2.99. The second-order valence-electron chi connectivity index (χ2n) is 10.3. The minimum absolute atomic E-state index is 0.0431. The molecule has 3 N–H and O–H groups in total. The van der Waals surface area contributed by atoms with E-state index in [0.717, 1.165) is 17.7 Å². The first kappa shape index (κ1) is 39.2. The van der Waals surface area contributed by atoms with Gasteiger partial charge in [0.25, 0.3) is 11.5 Å². The van der Waals surface area contributed by atoms with Crippen molar-refractivity contribution in [2.75, 3.05) is 5.32 Å². The van der Waals surface area contributed by atoms with E-state index in [1.807, 2.05) is 13.8 Å². The van der Waals surface area contributed by atoms with Gasteiger partial charge in [-0.2, -0.15) is 26.3 Å². The third-order valence-electron chi connectivity index (χ3n) is 7.16. The molecule has 0 spiro atoms. The number of halogens is 7. The highest BCUT2D eigenvalue weighted by Crippen LogP contribution is 2.38. The van der Waals surface area contributed by atoms with Crippen molar-refractivity contribution in [3.63, 3.8) is 0 Å². The number of nitrogens with zero attached hydrogens (tertiary/aromatic N) is 2. The molecular weight excluding hydrogens is 649 g/mol. The number of hydrogen-bond donors (Lipinski definition) is 3. The molecule has 0 saturated heterocycles. The van der Waals surface area contributed by atoms with Crippen LogP contribution in [0.1, 0.15) is 59.8 Å². The lowest BCUT2D eigenvalue weighted by Gasteiger charge is -2.22. The van der Waals surface area contributed by atoms with Gasteiger partial charge in [0, 0.05) is 42.0 Å². The van der Waals surface area contributed by atoms with Crippen LogP contribution < -0.4 is 16.2 Å². The van der Waals surface area contributed by atoms with Gasteiger partial charge in [0.15, 0.2) is 0 Å². The maximum atomic E-state index is 15.0. The zero-order chi connectivity index (χ0) is 36.7. The lowest BCUT2D eigenvalue weighted by Crippen LogP contribution is -2.43. The number of carboxylic acids is 1. The van der Waals surface area contributed by atoms with Crippen LogP contribution in [0, 0.1) is 12.7 Å². The largest absolute Gasteiger partial charge is 0.480 e. The number of carboxylic acid groups (broad SMARTS) is 1. The number of hydrogen-bond acceptors (Lipinski definition) is 5. The third kappa shape index (κ3) is 8.89. The molecule has 15 heteroatoms. The van der Waals surface area contributed by atoms with Crippen LogP contribution in [0.4, 0.5) is 42.1 Å². The number of carbonyl (C=O) groups excluding carboxylic acids is 1. The number of carbonyl (C=O) groups is 2. The van der Waals surface area contributed by atoms with E-state index in [1.54, 1.807) is 0 Å². The van der Waals surface area contributed by atoms with Crippen molar-refractivity contribution in [2.24, 2.45) is 12.0 Å². The Balaban J connectivity index is 0.00000392. The van der Waals surface area contributed by atoms with E-state index >= 15 is 4.39 Å². The predicted molar refractivity (Wildman–Crippen MR) is 170 cm³/mol. The molecule has 1 heterocycles. The Morgan fingerprint density at radius 2 is 1.71 bits per heavy atom. The Morgan fingerprint density at radius 3 is 2.19 bits per heavy atom. The van der Waals surface area contributed by atoms with Crippen molar-refractivity contribution in [3.8, 4) is 11.1 Å². The molecule has 0 saturated carbocycles. The summed E-state index contributed by atoms with van der Waals surface area (Å²) in [6.07, 6.45) is -8.33. The van der Waals surface area contributed by atoms with E-state index in [9.17, 15) is 45.8 Å². The van der Waals surface area contributed by atoms with Crippen LogP contribution in [0.5, 0.6) is 0 Å². The summed E-state index contributed by atoms with van der Waals surface area (Å²) in [5.74, 6) is -3.90. The summed E-state index contributed by atoms with van der Waals surface area (Å²) >= 11 is 0. The Labute approximate surface area is 272 Å². The van der Waals surface area contributed by atoms with Crippen LogP contribution in [-0.4, -0.2) is 46.5 Å². The van der Waals surface area contributed by atoms with E-state index in [2.05, 4.69) is 28.9 Å². The molecule has 8 nitrogen and oxygen atoms in total. The van der Waals surface area contributed by atoms with Crippen molar-refractivity contribution in [2.45, 2.75) is 65.0 Å². The van der Waals surface area contributed by atoms with Gasteiger partial charge in [0.2, 0.25) is 0 Å². The number of aliphatic imine (C=N–C) groups is 1. The number of nitrogens with one attached hydrogen (secondary N) is 2. The topological polar surface area (TPSA) is 113 Å². The monoisotopic (exact) mass is 684 g/mol. The summed E-state index contributed by atoms with van der Waals surface area (Å²) in [6, 6.07) is 1.38. The summed E-state index contributed by atoms with van der Waals surface area (Å²) in [7, 11) is 1.14. The van der Waals surface area contributed by atoms with Gasteiger partial charge in [-0.15, -0.1) is 0 Å². The highest BCUT2D eigenvalue weighted by atomic mass is 19.4. The van der Waals surface area contributed by atoms with Crippen molar-refractivity contribution in [3.05, 3.63) is 87.1 Å². The minimum atomic E-state index is -4.77. The molecule has 0 radical (unpaired) electrons. The molecule has 0 fully saturated rings. The third-order valence-corrected chi connectivity index (χ3v) is 7.16. The lowest BCUT2D eigenvalue weighted by molar-refractivity contribution is -0.143. The van der Waals surface area contributed by atoms with Gasteiger partial charge in [0.1, 0.15) is 17.9 Å². The van der Waals surface area contributed by atoms with Gasteiger partial charge in [-0.3, -0.25) is 14.6 Å². The van der Waals surface area contributed by atoms with Crippen LogP contribution in [-0.2, 0) is 24.4 Å². The smallest absolute Gasteiger partial charge is 0.417 e. The molecule has 3 aromatic rings. The molecule has 2 atom stereocenters. The number of amides is 1. The average molecular weight is 685 g/mol. The fraction of sp³-hybridized carbons (Fsp3) is 0.333. The van der Waals surface area contributed by atoms with Gasteiger partial charge in [-0.25, -0.2) is 9.18 Å². The number of aryl methyl sites for hydroxylation is 2. The van der Waals surface area contributed by atoms with Gasteiger partial charge in [-0.05, 0) is 49.4 Å². The Kier molecular flexibility index (Phi) is 12.9. The van der Waals surface area contributed by atoms with E-state index in [1.165, 1.54) is 32.1 Å². The summed E-state index contributed by atoms with van der Waals surface area (Å²) in [4.78, 5) is 41.9. The first-order valence-corrected chi connectivity index (χ1v) is 14.5. The Hall–Kier alpha value is -4.95. The van der Waals surface area contributed by atoms with Gasteiger partial charge < -0.3 is 20.3 Å². The van der Waals surface area contributed by atoms with Crippen molar-refractivity contribution < 1.29 is 45.4 Å². The molecule has 0 aliphatic heterocycles. The Morgan fingerprint density at radius 1 is 1.08 bits per heavy atom. The summed E-state index contributed by atoms with van der Waals surface area (Å²) in [5.41, 5.74) is -2.96. The Bertz CT molecular complexity index is 1720. The maximum absolute atomic E-state index is 15.0. The normalized spacial score (nSPS) is 12.7. The fourth-order valence-corrected chi connectivity index (χ4v) is 4.88. The second-order valence-corrected chi connectivity index (χ2v) is 10.3. The van der Waals surface area contributed by atoms with E-state index in [4.69, 9.17) is 0 Å². The molecule has 0 aliphatic carbocycles. The molecule has 0 bridgehead atoms. The molecule has 0 unspecified atom stereocenters. The molecule has 1 aromatic heterocycles. The van der Waals surface area contributed by atoms with Crippen molar-refractivity contribution >= 4 is 36.0 Å². The van der Waals surface area contributed by atoms with Gasteiger partial charge in [-0.1, -0.05) is 45.6 Å². The zero-order valence-electron chi connectivity index (χ0n) is 26.7. The summed E-state index contributed by atoms with van der Waals surface area (Å²) in [5, 5.41) is 14.2. The molecule has 0 aliphatic rings. The van der Waals surface area contributed by atoms with Crippen LogP contribution in [0.25, 0.3) is 17.2 Å². The summed E-state index contributed by atoms with van der Waals surface area (Å²) in [6.45, 7) is 13.6. The number of rotatable bonds is 11. The molecule has 3 rings (SSSR count). The first-order chi connectivity index (χ1) is 22.3. The first-order valence-electron chi connectivity index (χ1n) is 14.5. The predicted octanol–water partition coefficient (Wildman–Crippen LogP) is 7.70. The number of aliphatic carboxylic acids is 1.